The summed E-state index contributed by atoms with van der Waals surface area (Å²) in [6.07, 6.45) is 0.00265. The molecule has 0 heterocycles. The molecule has 0 bridgehead atoms. The molecule has 0 spiro atoms. The lowest BCUT2D eigenvalue weighted by atomic mass is 10.1. The summed E-state index contributed by atoms with van der Waals surface area (Å²) in [5, 5.41) is 11.0. The van der Waals surface area contributed by atoms with Gasteiger partial charge in [0.25, 0.3) is 0 Å². The predicted molar refractivity (Wildman–Crippen MR) is 56.9 cm³/mol. The number of ether oxygens (including phenoxy) is 1. The number of esters is 1. The maximum Gasteiger partial charge on any atom is 0.331 e. The Bertz CT molecular complexity index is 357. The van der Waals surface area contributed by atoms with E-state index in [2.05, 4.69) is 10.1 Å². The summed E-state index contributed by atoms with van der Waals surface area (Å²) in [5.41, 5.74) is 4.37. The first-order valence-corrected chi connectivity index (χ1v) is 5.21. The molecule has 1 aliphatic carbocycles. The third-order valence-corrected chi connectivity index (χ3v) is 2.94. The molecular formula is C10H16N2O5. The first-order chi connectivity index (χ1) is 7.83. The normalized spacial score (nSPS) is 28.1. The minimum atomic E-state index is -1.16. The van der Waals surface area contributed by atoms with Gasteiger partial charge in [0.1, 0.15) is 5.54 Å². The first kappa shape index (κ1) is 13.4. The van der Waals surface area contributed by atoms with Crippen molar-refractivity contribution in [3.63, 3.8) is 0 Å². The van der Waals surface area contributed by atoms with Crippen molar-refractivity contribution in [2.24, 2.45) is 11.7 Å². The Morgan fingerprint density at radius 3 is 2.47 bits per heavy atom. The highest BCUT2D eigenvalue weighted by Gasteiger charge is 2.60. The molecule has 0 aromatic rings. The van der Waals surface area contributed by atoms with E-state index >= 15 is 0 Å². The van der Waals surface area contributed by atoms with Crippen LogP contribution in [0.5, 0.6) is 0 Å². The van der Waals surface area contributed by atoms with E-state index in [-0.39, 0.29) is 5.92 Å². The quantitative estimate of drug-likeness (QED) is 0.526. The lowest BCUT2D eigenvalue weighted by Gasteiger charge is -2.18. The summed E-state index contributed by atoms with van der Waals surface area (Å²) >= 11 is 0. The number of rotatable bonds is 5. The van der Waals surface area contributed by atoms with Crippen molar-refractivity contribution in [3.05, 3.63) is 0 Å². The van der Waals surface area contributed by atoms with Crippen LogP contribution in [-0.4, -0.2) is 41.6 Å². The van der Waals surface area contributed by atoms with E-state index in [0.29, 0.717) is 6.42 Å². The SMILES string of the molecule is COC(=O)[C@@]1(NC(=O)[C@@H](N)CC(=O)O)C[C@@H]1C. The number of nitrogens with one attached hydrogen (secondary N) is 1. The number of hydrogen-bond acceptors (Lipinski definition) is 5. The summed E-state index contributed by atoms with van der Waals surface area (Å²) < 4.78 is 4.60. The molecule has 1 fully saturated rings. The van der Waals surface area contributed by atoms with Crippen LogP contribution in [0.2, 0.25) is 0 Å². The second-order valence-electron chi connectivity index (χ2n) is 4.26. The number of methoxy groups -OCH3 is 1. The van der Waals surface area contributed by atoms with Crippen LogP contribution < -0.4 is 11.1 Å². The first-order valence-electron chi connectivity index (χ1n) is 5.21. The third-order valence-electron chi connectivity index (χ3n) is 2.94. The third kappa shape index (κ3) is 2.73. The topological polar surface area (TPSA) is 119 Å². The molecule has 0 radical (unpaired) electrons. The van der Waals surface area contributed by atoms with E-state index in [1.807, 2.05) is 0 Å². The molecule has 17 heavy (non-hydrogen) atoms. The van der Waals surface area contributed by atoms with Gasteiger partial charge in [-0.1, -0.05) is 6.92 Å². The average Bonchev–Trinajstić information content (AvgIpc) is 2.88. The van der Waals surface area contributed by atoms with Crippen molar-refractivity contribution in [3.8, 4) is 0 Å². The fourth-order valence-corrected chi connectivity index (χ4v) is 1.71. The van der Waals surface area contributed by atoms with E-state index in [1.54, 1.807) is 6.92 Å². The van der Waals surface area contributed by atoms with Gasteiger partial charge in [0.2, 0.25) is 5.91 Å². The van der Waals surface area contributed by atoms with E-state index in [4.69, 9.17) is 10.8 Å². The van der Waals surface area contributed by atoms with Crippen molar-refractivity contribution < 1.29 is 24.2 Å². The predicted octanol–water partition coefficient (Wildman–Crippen LogP) is -1.14. The molecule has 0 unspecified atom stereocenters. The maximum atomic E-state index is 11.6. The molecule has 7 heteroatoms. The van der Waals surface area contributed by atoms with Gasteiger partial charge in [-0.05, 0) is 12.3 Å². The lowest BCUT2D eigenvalue weighted by molar-refractivity contribution is -0.147. The standard InChI is InChI=1S/C10H16N2O5/c1-5-4-10(5,9(16)17-2)12-8(15)6(11)3-7(13)14/h5-6H,3-4,11H2,1-2H3,(H,12,15)(H,13,14)/t5-,6-,10+/m0/s1. The second kappa shape index (κ2) is 4.70. The zero-order chi connectivity index (χ0) is 13.2. The second-order valence-corrected chi connectivity index (χ2v) is 4.26. The number of carboxylic acid groups (broad SMARTS) is 1. The molecule has 0 aromatic heterocycles. The van der Waals surface area contributed by atoms with Crippen molar-refractivity contribution in [2.45, 2.75) is 31.3 Å². The summed E-state index contributed by atoms with van der Waals surface area (Å²) in [7, 11) is 1.23. The Labute approximate surface area is 98.3 Å². The molecular weight excluding hydrogens is 228 g/mol. The molecule has 4 N–H and O–H groups in total. The average molecular weight is 244 g/mol. The van der Waals surface area contributed by atoms with Crippen molar-refractivity contribution in [2.75, 3.05) is 7.11 Å². The smallest absolute Gasteiger partial charge is 0.331 e. The molecule has 0 aromatic carbocycles. The van der Waals surface area contributed by atoms with Crippen LogP contribution in [0.4, 0.5) is 0 Å². The van der Waals surface area contributed by atoms with Crippen LogP contribution in [0.3, 0.4) is 0 Å². The minimum Gasteiger partial charge on any atom is -0.481 e. The molecule has 7 nitrogen and oxygen atoms in total. The Kier molecular flexibility index (Phi) is 3.72. The van der Waals surface area contributed by atoms with E-state index in [9.17, 15) is 14.4 Å². The summed E-state index contributed by atoms with van der Waals surface area (Å²) in [5.74, 6) is -2.37. The monoisotopic (exact) mass is 244 g/mol. The number of amides is 1. The van der Waals surface area contributed by atoms with Gasteiger partial charge in [0.15, 0.2) is 0 Å². The van der Waals surface area contributed by atoms with Crippen LogP contribution in [0.15, 0.2) is 0 Å². The number of nitrogens with two attached hydrogens (primary N) is 1. The minimum absolute atomic E-state index is 0.0315. The summed E-state index contributed by atoms with van der Waals surface area (Å²) in [6, 6.07) is -1.16. The Hall–Kier alpha value is -1.63. The van der Waals surface area contributed by atoms with Gasteiger partial charge >= 0.3 is 11.9 Å². The molecule has 1 aliphatic rings. The molecule has 1 amide bonds. The molecule has 1 rings (SSSR count). The Balaban J connectivity index is 2.61. The number of carbonyl (C=O) groups excluding carboxylic acids is 2. The molecule has 0 aliphatic heterocycles. The fraction of sp³-hybridized carbons (Fsp3) is 0.700. The van der Waals surface area contributed by atoms with Gasteiger partial charge in [-0.2, -0.15) is 0 Å². The zero-order valence-electron chi connectivity index (χ0n) is 9.73. The van der Waals surface area contributed by atoms with Crippen LogP contribution in [0.1, 0.15) is 19.8 Å². The number of hydrogen-bond donors (Lipinski definition) is 3. The van der Waals surface area contributed by atoms with Crippen molar-refractivity contribution in [1.29, 1.82) is 0 Å². The number of carboxylic acids is 1. The van der Waals surface area contributed by atoms with Gasteiger partial charge in [0.05, 0.1) is 19.6 Å². The van der Waals surface area contributed by atoms with Crippen LogP contribution in [0.25, 0.3) is 0 Å². The van der Waals surface area contributed by atoms with Crippen molar-refractivity contribution in [1.82, 2.24) is 5.32 Å². The number of carbonyl (C=O) groups is 3. The van der Waals surface area contributed by atoms with E-state index in [1.165, 1.54) is 7.11 Å². The number of aliphatic carboxylic acids is 1. The molecule has 1 saturated carbocycles. The van der Waals surface area contributed by atoms with E-state index in [0.717, 1.165) is 0 Å². The summed E-state index contributed by atoms with van der Waals surface area (Å²) in [4.78, 5) is 33.5. The lowest BCUT2D eigenvalue weighted by Crippen LogP contribution is -2.52. The maximum absolute atomic E-state index is 11.6. The van der Waals surface area contributed by atoms with Gasteiger partial charge in [-0.15, -0.1) is 0 Å². The Morgan fingerprint density at radius 2 is 2.12 bits per heavy atom. The molecule has 96 valence electrons. The highest BCUT2D eigenvalue weighted by molar-refractivity contribution is 5.94. The zero-order valence-corrected chi connectivity index (χ0v) is 9.73. The summed E-state index contributed by atoms with van der Waals surface area (Å²) in [6.45, 7) is 1.79. The molecule has 0 saturated heterocycles. The highest BCUT2D eigenvalue weighted by Crippen LogP contribution is 2.43. The van der Waals surface area contributed by atoms with Crippen LogP contribution in [-0.2, 0) is 19.1 Å². The highest BCUT2D eigenvalue weighted by atomic mass is 16.5. The van der Waals surface area contributed by atoms with E-state index < -0.39 is 35.8 Å². The van der Waals surface area contributed by atoms with Crippen LogP contribution >= 0.6 is 0 Å². The van der Waals surface area contributed by atoms with Crippen LogP contribution in [0, 0.1) is 5.92 Å². The van der Waals surface area contributed by atoms with Gasteiger partial charge in [-0.3, -0.25) is 9.59 Å². The molecule has 3 atom stereocenters. The van der Waals surface area contributed by atoms with Gasteiger partial charge < -0.3 is 20.9 Å². The van der Waals surface area contributed by atoms with Gasteiger partial charge in [-0.25, -0.2) is 4.79 Å². The Morgan fingerprint density at radius 1 is 1.59 bits per heavy atom. The van der Waals surface area contributed by atoms with Crippen molar-refractivity contribution >= 4 is 17.8 Å². The van der Waals surface area contributed by atoms with Gasteiger partial charge in [0, 0.05) is 0 Å². The largest absolute Gasteiger partial charge is 0.481 e. The fourth-order valence-electron chi connectivity index (χ4n) is 1.71.